The zero-order valence-electron chi connectivity index (χ0n) is 14.3. The Morgan fingerprint density at radius 3 is 2.65 bits per heavy atom. The number of pyridine rings is 1. The average molecular weight is 355 g/mol. The summed E-state index contributed by atoms with van der Waals surface area (Å²) >= 11 is 0. The maximum absolute atomic E-state index is 12.1. The van der Waals surface area contributed by atoms with Crippen LogP contribution in [-0.4, -0.2) is 40.0 Å². The van der Waals surface area contributed by atoms with E-state index in [1.165, 1.54) is 17.7 Å². The zero-order valence-corrected chi connectivity index (χ0v) is 14.3. The van der Waals surface area contributed by atoms with Gasteiger partial charge in [-0.3, -0.25) is 20.0 Å². The molecule has 2 aromatic rings. The molecule has 8 nitrogen and oxygen atoms in total. The van der Waals surface area contributed by atoms with Gasteiger partial charge in [0.1, 0.15) is 0 Å². The van der Waals surface area contributed by atoms with E-state index in [0.717, 1.165) is 32.5 Å². The Morgan fingerprint density at radius 1 is 1.23 bits per heavy atom. The molecule has 1 aliphatic heterocycles. The summed E-state index contributed by atoms with van der Waals surface area (Å²) in [7, 11) is 0. The highest BCUT2D eigenvalue weighted by Gasteiger charge is 2.21. The van der Waals surface area contributed by atoms with Crippen LogP contribution in [0.2, 0.25) is 0 Å². The van der Waals surface area contributed by atoms with Crippen molar-refractivity contribution in [2.45, 2.75) is 25.4 Å². The number of hydrogen-bond donors (Lipinski definition) is 2. The van der Waals surface area contributed by atoms with E-state index < -0.39 is 4.92 Å². The van der Waals surface area contributed by atoms with Gasteiger partial charge in [0, 0.05) is 55.9 Å². The lowest BCUT2D eigenvalue weighted by molar-refractivity contribution is -0.384. The number of benzene rings is 1. The first-order valence-electron chi connectivity index (χ1n) is 8.53. The maximum atomic E-state index is 12.1. The van der Waals surface area contributed by atoms with Crippen molar-refractivity contribution in [2.75, 3.05) is 18.4 Å². The van der Waals surface area contributed by atoms with E-state index in [1.54, 1.807) is 24.5 Å². The fraction of sp³-hybridized carbons (Fsp3) is 0.333. The molecule has 2 heterocycles. The predicted molar refractivity (Wildman–Crippen MR) is 97.8 cm³/mol. The van der Waals surface area contributed by atoms with Crippen molar-refractivity contribution in [1.82, 2.24) is 15.2 Å². The molecule has 1 aromatic heterocycles. The molecular formula is C18H21N5O3. The molecular weight excluding hydrogens is 334 g/mol. The van der Waals surface area contributed by atoms with Gasteiger partial charge in [-0.1, -0.05) is 6.07 Å². The summed E-state index contributed by atoms with van der Waals surface area (Å²) in [5.41, 5.74) is 1.59. The van der Waals surface area contributed by atoms with Crippen LogP contribution in [0, 0.1) is 10.1 Å². The molecule has 3 rings (SSSR count). The molecule has 1 fully saturated rings. The molecule has 8 heteroatoms. The summed E-state index contributed by atoms with van der Waals surface area (Å²) in [6.45, 7) is 2.70. The minimum absolute atomic E-state index is 0.0489. The molecule has 0 spiro atoms. The number of anilines is 1. The van der Waals surface area contributed by atoms with Crippen LogP contribution in [0.3, 0.4) is 0 Å². The highest BCUT2D eigenvalue weighted by atomic mass is 16.6. The highest BCUT2D eigenvalue weighted by molar-refractivity contribution is 5.89. The molecule has 0 saturated carbocycles. The Kier molecular flexibility index (Phi) is 5.75. The van der Waals surface area contributed by atoms with Crippen molar-refractivity contribution in [1.29, 1.82) is 0 Å². The number of non-ortho nitro benzene ring substituents is 1. The van der Waals surface area contributed by atoms with Gasteiger partial charge in [-0.2, -0.15) is 0 Å². The monoisotopic (exact) mass is 355 g/mol. The fourth-order valence-electron chi connectivity index (χ4n) is 3.03. The van der Waals surface area contributed by atoms with Crippen molar-refractivity contribution in [2.24, 2.45) is 0 Å². The second-order valence-corrected chi connectivity index (χ2v) is 6.31. The van der Waals surface area contributed by atoms with Gasteiger partial charge in [0.15, 0.2) is 0 Å². The van der Waals surface area contributed by atoms with E-state index in [9.17, 15) is 14.9 Å². The van der Waals surface area contributed by atoms with Gasteiger partial charge in [-0.25, -0.2) is 4.79 Å². The number of amides is 2. The number of piperidine rings is 1. The summed E-state index contributed by atoms with van der Waals surface area (Å²) in [5, 5.41) is 16.4. The fourth-order valence-corrected chi connectivity index (χ4v) is 3.03. The number of nitro groups is 1. The number of aromatic nitrogens is 1. The lowest BCUT2D eigenvalue weighted by Crippen LogP contribution is -2.45. The van der Waals surface area contributed by atoms with Gasteiger partial charge >= 0.3 is 6.03 Å². The predicted octanol–water partition coefficient (Wildman–Crippen LogP) is 2.78. The summed E-state index contributed by atoms with van der Waals surface area (Å²) < 4.78 is 0. The summed E-state index contributed by atoms with van der Waals surface area (Å²) in [6, 6.07) is 9.70. The second-order valence-electron chi connectivity index (χ2n) is 6.31. The van der Waals surface area contributed by atoms with E-state index in [-0.39, 0.29) is 17.8 Å². The summed E-state index contributed by atoms with van der Waals surface area (Å²) in [6.07, 6.45) is 5.32. The van der Waals surface area contributed by atoms with E-state index >= 15 is 0 Å². The lowest BCUT2D eigenvalue weighted by atomic mass is 10.0. The normalized spacial score (nSPS) is 15.4. The first kappa shape index (κ1) is 17.8. The number of carbonyl (C=O) groups excluding carboxylic acids is 1. The minimum Gasteiger partial charge on any atom is -0.335 e. The smallest absolute Gasteiger partial charge is 0.319 e. The number of rotatable bonds is 5. The number of nitro benzene ring substituents is 1. The Labute approximate surface area is 151 Å². The average Bonchev–Trinajstić information content (AvgIpc) is 2.64. The molecule has 0 radical (unpaired) electrons. The quantitative estimate of drug-likeness (QED) is 0.634. The summed E-state index contributed by atoms with van der Waals surface area (Å²) in [5.74, 6) is 0. The first-order valence-corrected chi connectivity index (χ1v) is 8.53. The van der Waals surface area contributed by atoms with E-state index in [4.69, 9.17) is 0 Å². The van der Waals surface area contributed by atoms with Crippen LogP contribution in [-0.2, 0) is 6.54 Å². The number of nitrogens with zero attached hydrogens (tertiary/aromatic N) is 3. The van der Waals surface area contributed by atoms with Crippen molar-refractivity contribution in [3.63, 3.8) is 0 Å². The summed E-state index contributed by atoms with van der Waals surface area (Å²) in [4.78, 5) is 28.8. The largest absolute Gasteiger partial charge is 0.335 e. The number of hydrogen-bond acceptors (Lipinski definition) is 5. The van der Waals surface area contributed by atoms with E-state index in [2.05, 4.69) is 20.5 Å². The van der Waals surface area contributed by atoms with Crippen molar-refractivity contribution in [3.05, 3.63) is 64.5 Å². The molecule has 0 unspecified atom stereocenters. The molecule has 0 atom stereocenters. The van der Waals surface area contributed by atoms with Crippen LogP contribution in [0.1, 0.15) is 18.4 Å². The third kappa shape index (κ3) is 5.00. The Hall–Kier alpha value is -3.00. The van der Waals surface area contributed by atoms with Crippen molar-refractivity contribution >= 4 is 17.4 Å². The Bertz CT molecular complexity index is 760. The van der Waals surface area contributed by atoms with Gasteiger partial charge in [0.25, 0.3) is 5.69 Å². The molecule has 1 saturated heterocycles. The van der Waals surface area contributed by atoms with Crippen LogP contribution < -0.4 is 10.6 Å². The molecule has 1 aliphatic rings. The SMILES string of the molecule is O=C(Nc1cccc([N+](=O)[O-])c1)NC1CCN(Cc2ccncc2)CC1. The van der Waals surface area contributed by atoms with Crippen LogP contribution in [0.5, 0.6) is 0 Å². The number of nitrogens with one attached hydrogen (secondary N) is 2. The maximum Gasteiger partial charge on any atom is 0.319 e. The molecule has 2 amide bonds. The van der Waals surface area contributed by atoms with Crippen LogP contribution in [0.25, 0.3) is 0 Å². The van der Waals surface area contributed by atoms with Crippen molar-refractivity contribution in [3.8, 4) is 0 Å². The lowest BCUT2D eigenvalue weighted by Gasteiger charge is -2.32. The van der Waals surface area contributed by atoms with Gasteiger partial charge < -0.3 is 10.6 Å². The number of likely N-dealkylation sites (tertiary alicyclic amines) is 1. The standard InChI is InChI=1S/C18H21N5O3/c24-18(21-16-2-1-3-17(12-16)23(25)26)20-15-6-10-22(11-7-15)13-14-4-8-19-9-5-14/h1-5,8-9,12,15H,6-7,10-11,13H2,(H2,20,21,24). The molecule has 0 aliphatic carbocycles. The Morgan fingerprint density at radius 2 is 1.96 bits per heavy atom. The molecule has 136 valence electrons. The second kappa shape index (κ2) is 8.39. The highest BCUT2D eigenvalue weighted by Crippen LogP contribution is 2.17. The van der Waals surface area contributed by atoms with E-state index in [1.807, 2.05) is 12.1 Å². The Balaban J connectivity index is 1.45. The minimum atomic E-state index is -0.485. The molecule has 26 heavy (non-hydrogen) atoms. The molecule has 1 aromatic carbocycles. The first-order chi connectivity index (χ1) is 12.6. The molecule has 0 bridgehead atoms. The van der Waals surface area contributed by atoms with Crippen molar-refractivity contribution < 1.29 is 9.72 Å². The van der Waals surface area contributed by atoms with Gasteiger partial charge in [0.2, 0.25) is 0 Å². The molecule has 2 N–H and O–H groups in total. The third-order valence-corrected chi connectivity index (χ3v) is 4.39. The topological polar surface area (TPSA) is 100 Å². The van der Waals surface area contributed by atoms with Crippen LogP contribution >= 0.6 is 0 Å². The number of carbonyl (C=O) groups is 1. The van der Waals surface area contributed by atoms with Crippen LogP contribution in [0.4, 0.5) is 16.2 Å². The van der Waals surface area contributed by atoms with Gasteiger partial charge in [-0.05, 0) is 36.6 Å². The van der Waals surface area contributed by atoms with Gasteiger partial charge in [-0.15, -0.1) is 0 Å². The van der Waals surface area contributed by atoms with Gasteiger partial charge in [0.05, 0.1) is 4.92 Å². The zero-order chi connectivity index (χ0) is 18.4. The van der Waals surface area contributed by atoms with Crippen LogP contribution in [0.15, 0.2) is 48.8 Å². The third-order valence-electron chi connectivity index (χ3n) is 4.39. The van der Waals surface area contributed by atoms with E-state index in [0.29, 0.717) is 5.69 Å². The number of urea groups is 1.